The second kappa shape index (κ2) is 16.3. The molecule has 0 radical (unpaired) electrons. The summed E-state index contributed by atoms with van der Waals surface area (Å²) in [4.78, 5) is 52.1. The van der Waals surface area contributed by atoms with E-state index in [4.69, 9.17) is 23.7 Å². The summed E-state index contributed by atoms with van der Waals surface area (Å²) in [6.07, 6.45) is 15.3. The molecule has 2 aromatic carbocycles. The third kappa shape index (κ3) is 6.50. The van der Waals surface area contributed by atoms with E-state index in [1.807, 2.05) is 24.3 Å². The number of carbonyl (C=O) groups is 3. The van der Waals surface area contributed by atoms with Crippen LogP contribution in [0.3, 0.4) is 0 Å². The number of ether oxygens (including phenoxy) is 5. The van der Waals surface area contributed by atoms with Crippen molar-refractivity contribution >= 4 is 29.3 Å². The fraction of sp³-hybridized carbons (Fsp3) is 0.569. The topological polar surface area (TPSA) is 107 Å². The van der Waals surface area contributed by atoms with Crippen LogP contribution in [0, 0.1) is 23.7 Å². The van der Waals surface area contributed by atoms with Crippen LogP contribution < -0.4 is 14.2 Å². The highest BCUT2D eigenvalue weighted by atomic mass is 16.6. The van der Waals surface area contributed by atoms with Crippen LogP contribution in [-0.4, -0.2) is 115 Å². The minimum atomic E-state index is -1.49. The van der Waals surface area contributed by atoms with Gasteiger partial charge in [-0.3, -0.25) is 14.5 Å². The third-order valence-corrected chi connectivity index (χ3v) is 17.9. The van der Waals surface area contributed by atoms with Crippen LogP contribution >= 0.6 is 0 Å². The number of hydrogen-bond donors (Lipinski definition) is 0. The molecule has 11 nitrogen and oxygen atoms in total. The Kier molecular flexibility index (Phi) is 11.0. The van der Waals surface area contributed by atoms with E-state index in [1.54, 1.807) is 6.92 Å². The highest BCUT2D eigenvalue weighted by molar-refractivity contribution is 6.22. The van der Waals surface area contributed by atoms with Crippen LogP contribution in [0.2, 0.25) is 0 Å². The van der Waals surface area contributed by atoms with E-state index in [2.05, 4.69) is 101 Å². The fourth-order valence-electron chi connectivity index (χ4n) is 14.9. The van der Waals surface area contributed by atoms with Crippen LogP contribution in [0.15, 0.2) is 70.9 Å². The molecule has 0 amide bonds. The molecule has 0 N–H and O–H groups in total. The van der Waals surface area contributed by atoms with Crippen molar-refractivity contribution in [1.29, 1.82) is 0 Å². The van der Waals surface area contributed by atoms with Gasteiger partial charge in [-0.05, 0) is 113 Å². The average Bonchev–Trinajstić information content (AvgIpc) is 3.92. The van der Waals surface area contributed by atoms with Gasteiger partial charge in [0.1, 0.15) is 29.5 Å². The predicted molar refractivity (Wildman–Crippen MR) is 266 cm³/mol. The number of likely N-dealkylation sites (N-methyl/N-ethyl adjacent to an activating group) is 1. The number of benzene rings is 2. The van der Waals surface area contributed by atoms with Crippen LogP contribution in [0.5, 0.6) is 17.2 Å². The lowest BCUT2D eigenvalue weighted by molar-refractivity contribution is -0.243. The molecule has 4 aliphatic carbocycles. The van der Waals surface area contributed by atoms with Gasteiger partial charge in [0.25, 0.3) is 0 Å². The maximum absolute atomic E-state index is 16.2. The van der Waals surface area contributed by atoms with Crippen molar-refractivity contribution in [3.63, 3.8) is 0 Å². The number of rotatable bonds is 12. The summed E-state index contributed by atoms with van der Waals surface area (Å²) in [6.45, 7) is 22.6. The summed E-state index contributed by atoms with van der Waals surface area (Å²) < 4.78 is 35.9. The zero-order valence-electron chi connectivity index (χ0n) is 42.5. The standard InChI is InChI=1S/C58H71N3O8/c1-34(2)15-13-22-55(8)24-21-40-48(67-55)39(19-18-35(3)4)50-45(49(40)66-32-31-60-29-27-59(9)28-30-60)56-23-14-26-61(56)46-37-16-11-12-17-38(37)47(62)44(46)43-41-33-42-54(6,7)69-57(52(41)63,58(42,68-50)51(43)56)25-20-36(5)53(64)65-10/h11-12,15-18,20-21,24,41-43,51H,13-14,19,22-23,25-33H2,1-10H3. The monoisotopic (exact) mass is 938 g/mol. The summed E-state index contributed by atoms with van der Waals surface area (Å²) in [5, 5.41) is 0. The number of nitrogens with zero attached hydrogens (tertiary/aromatic N) is 3. The Morgan fingerprint density at radius 2 is 1.65 bits per heavy atom. The number of hydrogen-bond acceptors (Lipinski definition) is 11. The van der Waals surface area contributed by atoms with Crippen molar-refractivity contribution in [1.82, 2.24) is 14.7 Å². The maximum Gasteiger partial charge on any atom is 0.333 e. The van der Waals surface area contributed by atoms with Crippen molar-refractivity contribution in [2.75, 3.05) is 60.0 Å². The zero-order valence-corrected chi connectivity index (χ0v) is 42.5. The average molecular weight is 938 g/mol. The van der Waals surface area contributed by atoms with Gasteiger partial charge in [-0.15, -0.1) is 0 Å². The van der Waals surface area contributed by atoms with Crippen molar-refractivity contribution in [3.05, 3.63) is 98.7 Å². The maximum atomic E-state index is 16.2. The quantitative estimate of drug-likeness (QED) is 0.116. The van der Waals surface area contributed by atoms with Gasteiger partial charge < -0.3 is 33.5 Å². The largest absolute Gasteiger partial charge is 0.491 e. The summed E-state index contributed by atoms with van der Waals surface area (Å²) in [5.41, 5.74) is 4.11. The molecule has 12 rings (SSSR count). The molecule has 6 aliphatic heterocycles. The van der Waals surface area contributed by atoms with E-state index < -0.39 is 45.7 Å². The number of carbonyl (C=O) groups excluding carboxylic acids is 3. The first-order valence-corrected chi connectivity index (χ1v) is 25.7. The van der Waals surface area contributed by atoms with Crippen molar-refractivity contribution in [2.45, 2.75) is 128 Å². The number of fused-ring (bicyclic) bond motifs is 5. The zero-order chi connectivity index (χ0) is 48.6. The van der Waals surface area contributed by atoms with Crippen LogP contribution in [0.4, 0.5) is 0 Å². The first-order chi connectivity index (χ1) is 32.9. The number of ketones is 2. The van der Waals surface area contributed by atoms with Gasteiger partial charge in [0.2, 0.25) is 0 Å². The number of methoxy groups -OCH3 is 1. The van der Waals surface area contributed by atoms with E-state index >= 15 is 9.59 Å². The van der Waals surface area contributed by atoms with E-state index in [1.165, 1.54) is 18.3 Å². The molecular weight excluding hydrogens is 867 g/mol. The molecule has 10 aliphatic rings. The van der Waals surface area contributed by atoms with Gasteiger partial charge in [0.15, 0.2) is 22.8 Å². The molecule has 6 heterocycles. The molecule has 6 fully saturated rings. The van der Waals surface area contributed by atoms with Gasteiger partial charge in [0, 0.05) is 97.2 Å². The molecule has 0 aromatic heterocycles. The summed E-state index contributed by atoms with van der Waals surface area (Å²) in [5.74, 6) is 0.177. The Hall–Kier alpha value is -4.97. The Morgan fingerprint density at radius 3 is 2.38 bits per heavy atom. The SMILES string of the molecule is COC(=O)C(C)=CCC12OC(C)(C)C3CC(C1=O)C1C4=C(c5ccccc5C4=O)N4CCCC45c4c(OCCN6CCN(C)CC6)c6c(c(CC=C(C)C)c4OC32C15)OC(C)(CCC=C(C)C)C=C6. The van der Waals surface area contributed by atoms with E-state index in [0.717, 1.165) is 110 Å². The molecule has 4 bridgehead atoms. The first kappa shape index (κ1) is 46.4. The molecule has 3 saturated heterocycles. The molecular formula is C58H71N3O8. The lowest BCUT2D eigenvalue weighted by atomic mass is 9.38. The predicted octanol–water partition coefficient (Wildman–Crippen LogP) is 9.28. The number of Topliss-reactive ketones (excluding diaryl/α,β-unsaturated/α-hetero) is 2. The number of esters is 1. The smallest absolute Gasteiger partial charge is 0.333 e. The van der Waals surface area contributed by atoms with Gasteiger partial charge in [0.05, 0.1) is 35.1 Å². The first-order valence-electron chi connectivity index (χ1n) is 25.7. The Labute approximate surface area is 408 Å². The highest BCUT2D eigenvalue weighted by Crippen LogP contribution is 2.80. The summed E-state index contributed by atoms with van der Waals surface area (Å²) in [7, 11) is 3.56. The molecule has 2 spiro atoms. The van der Waals surface area contributed by atoms with Crippen molar-refractivity contribution in [2.24, 2.45) is 23.7 Å². The summed E-state index contributed by atoms with van der Waals surface area (Å²) >= 11 is 0. The second-order valence-corrected chi connectivity index (χ2v) is 22.9. The fourth-order valence-corrected chi connectivity index (χ4v) is 14.9. The molecule has 69 heavy (non-hydrogen) atoms. The molecule has 3 saturated carbocycles. The Morgan fingerprint density at radius 1 is 0.913 bits per heavy atom. The lowest BCUT2D eigenvalue weighted by Crippen LogP contribution is -2.82. The highest BCUT2D eigenvalue weighted by Gasteiger charge is 2.89. The normalized spacial score (nSPS) is 33.1. The summed E-state index contributed by atoms with van der Waals surface area (Å²) in [6, 6.07) is 8.05. The third-order valence-electron chi connectivity index (χ3n) is 17.9. The molecule has 366 valence electrons. The van der Waals surface area contributed by atoms with Crippen LogP contribution in [-0.2, 0) is 31.0 Å². The van der Waals surface area contributed by atoms with Crippen LogP contribution in [0.1, 0.15) is 127 Å². The number of piperazine rings is 1. The molecule has 8 atom stereocenters. The van der Waals surface area contributed by atoms with Gasteiger partial charge in [-0.25, -0.2) is 4.79 Å². The van der Waals surface area contributed by atoms with Crippen molar-refractivity contribution in [3.8, 4) is 17.2 Å². The van der Waals surface area contributed by atoms with Gasteiger partial charge in [-0.2, -0.15) is 0 Å². The minimum absolute atomic E-state index is 0.0115. The number of allylic oxidation sites excluding steroid dienone is 5. The van der Waals surface area contributed by atoms with Gasteiger partial charge >= 0.3 is 5.97 Å². The minimum Gasteiger partial charge on any atom is -0.491 e. The second-order valence-electron chi connectivity index (χ2n) is 22.9. The molecule has 8 unspecified atom stereocenters. The molecule has 2 aromatic rings. The Bertz CT molecular complexity index is 2710. The van der Waals surface area contributed by atoms with E-state index in [-0.39, 0.29) is 29.8 Å². The van der Waals surface area contributed by atoms with Gasteiger partial charge in [-0.1, -0.05) is 53.6 Å². The van der Waals surface area contributed by atoms with E-state index in [0.29, 0.717) is 36.3 Å². The van der Waals surface area contributed by atoms with Crippen molar-refractivity contribution < 1.29 is 38.1 Å². The Balaban J connectivity index is 1.22. The lowest BCUT2D eigenvalue weighted by Gasteiger charge is -2.71. The van der Waals surface area contributed by atoms with E-state index in [9.17, 15) is 4.79 Å². The molecule has 11 heteroatoms. The van der Waals surface area contributed by atoms with Crippen LogP contribution in [0.25, 0.3) is 11.8 Å².